The van der Waals surface area contributed by atoms with Crippen molar-refractivity contribution >= 4 is 41.7 Å². The lowest BCUT2D eigenvalue weighted by molar-refractivity contribution is -0.299. The van der Waals surface area contributed by atoms with E-state index >= 15 is 0 Å². The highest BCUT2D eigenvalue weighted by atomic mass is 16.7. The van der Waals surface area contributed by atoms with Crippen LogP contribution in [-0.4, -0.2) is 215 Å². The van der Waals surface area contributed by atoms with Crippen LogP contribution in [0.25, 0.3) is 0 Å². The van der Waals surface area contributed by atoms with E-state index in [-0.39, 0.29) is 38.6 Å². The maximum atomic E-state index is 14.7. The highest BCUT2D eigenvalue weighted by Crippen LogP contribution is 2.37. The number of aromatic amines is 1. The van der Waals surface area contributed by atoms with Gasteiger partial charge in [0.25, 0.3) is 5.56 Å². The summed E-state index contributed by atoms with van der Waals surface area (Å²) in [7, 11) is 5.29. The third kappa shape index (κ3) is 19.6. The van der Waals surface area contributed by atoms with Gasteiger partial charge in [-0.25, -0.2) is 9.59 Å². The van der Waals surface area contributed by atoms with Gasteiger partial charge in [-0.05, 0) is 32.2 Å². The second-order valence-electron chi connectivity index (χ2n) is 21.9. The molecular formula is C55H87N5O23. The number of aliphatic hydroxyl groups excluding tert-OH is 2. The van der Waals surface area contributed by atoms with Crippen molar-refractivity contribution in [1.29, 1.82) is 0 Å². The van der Waals surface area contributed by atoms with E-state index in [0.717, 1.165) is 66.9 Å². The number of carbonyl (C=O) groups excluding carboxylic acids is 5. The molecule has 83 heavy (non-hydrogen) atoms. The van der Waals surface area contributed by atoms with E-state index in [9.17, 15) is 58.5 Å². The molecule has 0 radical (unpaired) electrons. The summed E-state index contributed by atoms with van der Waals surface area (Å²) in [6.07, 6.45) is -8.45. The van der Waals surface area contributed by atoms with Crippen LogP contribution in [0, 0.1) is 5.92 Å². The molecule has 0 aromatic carbocycles. The molecule has 28 heteroatoms. The van der Waals surface area contributed by atoms with Gasteiger partial charge in [-0.2, -0.15) is 0 Å². The quantitative estimate of drug-likeness (QED) is 0.0328. The Morgan fingerprint density at radius 2 is 1.41 bits per heavy atom. The number of hydrogen-bond acceptors (Lipinski definition) is 23. The molecule has 5 heterocycles. The topological polar surface area (TPSA) is 380 Å². The summed E-state index contributed by atoms with van der Waals surface area (Å²) >= 11 is 0. The SMILES string of the molecule is CCCCCCCCCCCC(CC(=O)OC1CN(C)C(C(O[C@H]2C[C@H](O)[C@@H](CN)O2)[C@H]2O[C@@H](n3ccc(=O)[nH]c3=O)C[C@@H]2O)C(=O)N(C)C1C(=O)O)OC(=O)CC(C)CC(=O)O[C@@H]1O[C@@H](CC)[C@H](OC)[C@@H](OC(=O)CCC(=O)O)[C@H]1OC. The molecule has 28 nitrogen and oxygen atoms in total. The molecule has 4 saturated heterocycles. The molecule has 1 aromatic heterocycles. The van der Waals surface area contributed by atoms with E-state index in [1.165, 1.54) is 39.4 Å². The van der Waals surface area contributed by atoms with Crippen LogP contribution in [0.4, 0.5) is 0 Å². The largest absolute Gasteiger partial charge is 0.481 e. The normalized spacial score (nSPS) is 29.6. The van der Waals surface area contributed by atoms with Gasteiger partial charge in [0.15, 0.2) is 24.5 Å². The van der Waals surface area contributed by atoms with Crippen molar-refractivity contribution in [1.82, 2.24) is 19.4 Å². The number of unbranched alkanes of at least 4 members (excludes halogenated alkanes) is 8. The number of ether oxygens (including phenoxy) is 10. The molecule has 0 saturated carbocycles. The fourth-order valence-electron chi connectivity index (χ4n) is 11.1. The predicted molar refractivity (Wildman–Crippen MR) is 288 cm³/mol. The number of nitrogens with two attached hydrogens (primary N) is 1. The van der Waals surface area contributed by atoms with Crippen LogP contribution < -0.4 is 17.0 Å². The number of carboxylic acid groups (broad SMARTS) is 2. The lowest BCUT2D eigenvalue weighted by atomic mass is 9.96. The Morgan fingerprint density at radius 3 is 2.01 bits per heavy atom. The van der Waals surface area contributed by atoms with Crippen molar-refractivity contribution in [2.45, 2.75) is 234 Å². The van der Waals surface area contributed by atoms with Crippen LogP contribution in [0.5, 0.6) is 0 Å². The Hall–Kier alpha value is -5.43. The zero-order chi connectivity index (χ0) is 61.1. The number of H-pyrrole nitrogens is 1. The number of nitrogens with zero attached hydrogens (tertiary/aromatic N) is 3. The van der Waals surface area contributed by atoms with Crippen LogP contribution in [0.3, 0.4) is 0 Å². The zero-order valence-corrected chi connectivity index (χ0v) is 48.6. The molecular weight excluding hydrogens is 1100 g/mol. The Balaban J connectivity index is 1.30. The molecule has 0 bridgehead atoms. The first-order chi connectivity index (χ1) is 39.5. The summed E-state index contributed by atoms with van der Waals surface area (Å²) in [6.45, 7) is 5.02. The lowest BCUT2D eigenvalue weighted by Crippen LogP contribution is -2.61. The number of nitrogens with one attached hydrogen (secondary N) is 1. The standard InChI is InChI=1S/C55H87N5O23/c1-8-10-11-12-13-14-15-16-17-18-31(76-41(67)23-30(3)24-42(68)82-54-51(75-7)50(48(74-6)34(9-2)79-54)81-40(66)20-19-39(64)65)25-43(69)77-36-29-58(4)46(52(70)59(5)45(36)53(71)72)49(83-44-27-32(61)35(28-56)78-44)47-33(62)26-38(80-47)60-22-21-37(63)57-55(60)73/h21-22,30-36,38,44-51,54,61-62H,8-20,23-29,56H2,1-7H3,(H,64,65)(H,71,72)(H,57,63,73)/t30?,31?,32-,33-,34-,35+,36?,38+,44-,45?,46?,47-,48-,49?,50+,51+,54-/m0/s1. The predicted octanol–water partition coefficient (Wildman–Crippen LogP) is 1.27. The highest BCUT2D eigenvalue weighted by molar-refractivity contribution is 5.89. The minimum absolute atomic E-state index is 0.0902. The fourth-order valence-corrected chi connectivity index (χ4v) is 11.1. The van der Waals surface area contributed by atoms with Crippen molar-refractivity contribution < 1.29 is 101 Å². The van der Waals surface area contributed by atoms with Gasteiger partial charge in [-0.1, -0.05) is 72.1 Å². The van der Waals surface area contributed by atoms with Gasteiger partial charge in [-0.3, -0.25) is 48.0 Å². The van der Waals surface area contributed by atoms with Crippen LogP contribution >= 0.6 is 0 Å². The van der Waals surface area contributed by atoms with Gasteiger partial charge >= 0.3 is 41.5 Å². The number of aliphatic hydroxyl groups is 2. The third-order valence-corrected chi connectivity index (χ3v) is 15.5. The summed E-state index contributed by atoms with van der Waals surface area (Å²) in [5.74, 6) is -7.64. The molecule has 6 unspecified atom stereocenters. The Bertz CT molecular complexity index is 2410. The zero-order valence-electron chi connectivity index (χ0n) is 48.6. The maximum absolute atomic E-state index is 14.7. The number of hydrogen-bond donors (Lipinski definition) is 6. The van der Waals surface area contributed by atoms with E-state index < -0.39 is 183 Å². The van der Waals surface area contributed by atoms with Crippen molar-refractivity contribution in [3.63, 3.8) is 0 Å². The molecule has 1 amide bonds. The molecule has 470 valence electrons. The smallest absolute Gasteiger partial charge is 0.330 e. The van der Waals surface area contributed by atoms with E-state index in [1.54, 1.807) is 13.8 Å². The monoisotopic (exact) mass is 1190 g/mol. The molecule has 5 rings (SSSR count). The van der Waals surface area contributed by atoms with E-state index in [1.807, 2.05) is 0 Å². The highest BCUT2D eigenvalue weighted by Gasteiger charge is 2.54. The minimum Gasteiger partial charge on any atom is -0.481 e. The lowest BCUT2D eigenvalue weighted by Gasteiger charge is -2.44. The van der Waals surface area contributed by atoms with Gasteiger partial charge in [0.05, 0.1) is 43.7 Å². The average molecular weight is 1190 g/mol. The Kier molecular flexibility index (Phi) is 27.4. The second kappa shape index (κ2) is 33.3. The number of methoxy groups -OCH3 is 2. The van der Waals surface area contributed by atoms with E-state index in [0.29, 0.717) is 12.8 Å². The second-order valence-corrected chi connectivity index (χ2v) is 21.9. The number of carbonyl (C=O) groups is 7. The van der Waals surface area contributed by atoms with Crippen molar-refractivity contribution in [2.75, 3.05) is 41.4 Å². The van der Waals surface area contributed by atoms with Gasteiger partial charge in [0.2, 0.25) is 12.2 Å². The van der Waals surface area contributed by atoms with Crippen LogP contribution in [0.15, 0.2) is 21.9 Å². The molecule has 4 fully saturated rings. The molecule has 4 aliphatic rings. The van der Waals surface area contributed by atoms with Gasteiger partial charge in [-0.15, -0.1) is 0 Å². The summed E-state index contributed by atoms with van der Waals surface area (Å²) < 4.78 is 59.9. The summed E-state index contributed by atoms with van der Waals surface area (Å²) in [4.78, 5) is 122. The molecule has 7 N–H and O–H groups in total. The molecule has 4 aliphatic heterocycles. The number of amides is 1. The van der Waals surface area contributed by atoms with Gasteiger partial charge in [0.1, 0.15) is 42.8 Å². The van der Waals surface area contributed by atoms with Gasteiger partial charge < -0.3 is 78.4 Å². The molecule has 0 spiro atoms. The number of likely N-dealkylation sites (N-methyl/N-ethyl adjacent to an activating group) is 2. The maximum Gasteiger partial charge on any atom is 0.330 e. The Labute approximate surface area is 481 Å². The summed E-state index contributed by atoms with van der Waals surface area (Å²) in [5, 5.41) is 42.0. The van der Waals surface area contributed by atoms with E-state index in [4.69, 9.17) is 58.2 Å². The fraction of sp³-hybridized carbons (Fsp3) is 0.800. The van der Waals surface area contributed by atoms with E-state index in [2.05, 4.69) is 11.9 Å². The number of carboxylic acids is 2. The van der Waals surface area contributed by atoms with Crippen LogP contribution in [0.2, 0.25) is 0 Å². The third-order valence-electron chi connectivity index (χ3n) is 15.5. The minimum atomic E-state index is -1.79. The molecule has 0 aliphatic carbocycles. The number of rotatable bonds is 33. The van der Waals surface area contributed by atoms with Crippen molar-refractivity contribution in [3.8, 4) is 0 Å². The first-order valence-corrected chi connectivity index (χ1v) is 28.8. The van der Waals surface area contributed by atoms with Gasteiger partial charge in [0, 0.05) is 72.3 Å². The summed E-state index contributed by atoms with van der Waals surface area (Å²) in [6, 6.07) is -2.19. The van der Waals surface area contributed by atoms with Crippen LogP contribution in [0.1, 0.15) is 143 Å². The molecule has 1 aromatic rings. The molecule has 17 atom stereocenters. The first kappa shape index (κ1) is 68.4. The first-order valence-electron chi connectivity index (χ1n) is 28.8. The average Bonchev–Trinajstić information content (AvgIpc) is 3.23. The number of aliphatic carboxylic acids is 2. The number of aromatic nitrogens is 2. The number of esters is 4. The van der Waals surface area contributed by atoms with Crippen molar-refractivity contribution in [3.05, 3.63) is 33.1 Å². The van der Waals surface area contributed by atoms with Crippen LogP contribution in [-0.2, 0) is 80.9 Å². The Morgan fingerprint density at radius 1 is 0.759 bits per heavy atom. The summed E-state index contributed by atoms with van der Waals surface area (Å²) in [5.41, 5.74) is 4.29. The van der Waals surface area contributed by atoms with Crippen molar-refractivity contribution in [2.24, 2.45) is 11.7 Å².